The molecule has 0 aromatic carbocycles. The van der Waals surface area contributed by atoms with Crippen molar-refractivity contribution in [2.75, 3.05) is 20.1 Å². The summed E-state index contributed by atoms with van der Waals surface area (Å²) in [5.74, 6) is 0.894. The van der Waals surface area contributed by atoms with Gasteiger partial charge in [0.15, 0.2) is 0 Å². The molecule has 0 bridgehead atoms. The summed E-state index contributed by atoms with van der Waals surface area (Å²) in [6, 6.07) is 1.45. The number of rotatable bonds is 6. The van der Waals surface area contributed by atoms with Gasteiger partial charge in [0.05, 0.1) is 0 Å². The van der Waals surface area contributed by atoms with Crippen LogP contribution in [0.3, 0.4) is 0 Å². The van der Waals surface area contributed by atoms with Crippen LogP contribution in [0, 0.1) is 11.3 Å². The van der Waals surface area contributed by atoms with Crippen LogP contribution < -0.4 is 5.32 Å². The summed E-state index contributed by atoms with van der Waals surface area (Å²) in [5, 5.41) is 3.72. The lowest BCUT2D eigenvalue weighted by atomic mass is 9.81. The van der Waals surface area contributed by atoms with Crippen molar-refractivity contribution in [2.45, 2.75) is 84.2 Å². The van der Waals surface area contributed by atoms with E-state index in [1.54, 1.807) is 0 Å². The summed E-state index contributed by atoms with van der Waals surface area (Å²) >= 11 is 0. The standard InChI is InChI=1S/C18H36N2/c1-15(2)19-13-18(11-7-8-12-18)14-20(4)17-10-6-5-9-16(17)3/h15-17,19H,5-14H2,1-4H3. The van der Waals surface area contributed by atoms with Crippen LogP contribution in [-0.4, -0.2) is 37.1 Å². The van der Waals surface area contributed by atoms with Gasteiger partial charge < -0.3 is 10.2 Å². The molecule has 2 fully saturated rings. The normalized spacial score (nSPS) is 30.3. The summed E-state index contributed by atoms with van der Waals surface area (Å²) < 4.78 is 0. The minimum absolute atomic E-state index is 0.552. The molecule has 2 nitrogen and oxygen atoms in total. The van der Waals surface area contributed by atoms with Gasteiger partial charge in [-0.2, -0.15) is 0 Å². The Kier molecular flexibility index (Phi) is 5.92. The van der Waals surface area contributed by atoms with Crippen LogP contribution in [0.1, 0.15) is 72.1 Å². The maximum absolute atomic E-state index is 3.72. The van der Waals surface area contributed by atoms with Gasteiger partial charge in [0.1, 0.15) is 0 Å². The number of hydrogen-bond donors (Lipinski definition) is 1. The van der Waals surface area contributed by atoms with Crippen LogP contribution in [0.5, 0.6) is 0 Å². The highest BCUT2D eigenvalue weighted by atomic mass is 15.1. The smallest absolute Gasteiger partial charge is 0.0118 e. The molecule has 0 saturated heterocycles. The molecule has 0 aliphatic heterocycles. The lowest BCUT2D eigenvalue weighted by Gasteiger charge is -2.42. The maximum Gasteiger partial charge on any atom is 0.0118 e. The lowest BCUT2D eigenvalue weighted by Crippen LogP contribution is -2.48. The monoisotopic (exact) mass is 280 g/mol. The Morgan fingerprint density at radius 2 is 1.75 bits per heavy atom. The molecule has 0 aromatic heterocycles. The van der Waals surface area contributed by atoms with Crippen molar-refractivity contribution in [3.05, 3.63) is 0 Å². The van der Waals surface area contributed by atoms with Crippen molar-refractivity contribution in [1.82, 2.24) is 10.2 Å². The molecule has 2 unspecified atom stereocenters. The zero-order valence-electron chi connectivity index (χ0n) is 14.3. The minimum atomic E-state index is 0.552. The highest BCUT2D eigenvalue weighted by Gasteiger charge is 2.37. The van der Waals surface area contributed by atoms with E-state index in [1.165, 1.54) is 64.5 Å². The topological polar surface area (TPSA) is 15.3 Å². The van der Waals surface area contributed by atoms with E-state index in [0.717, 1.165) is 12.0 Å². The van der Waals surface area contributed by atoms with Gasteiger partial charge in [0, 0.05) is 25.2 Å². The minimum Gasteiger partial charge on any atom is -0.314 e. The van der Waals surface area contributed by atoms with Crippen molar-refractivity contribution in [1.29, 1.82) is 0 Å². The van der Waals surface area contributed by atoms with Gasteiger partial charge in [-0.25, -0.2) is 0 Å². The first-order valence-corrected chi connectivity index (χ1v) is 8.96. The molecular weight excluding hydrogens is 244 g/mol. The van der Waals surface area contributed by atoms with Crippen molar-refractivity contribution < 1.29 is 0 Å². The van der Waals surface area contributed by atoms with Gasteiger partial charge >= 0.3 is 0 Å². The third kappa shape index (κ3) is 4.21. The molecular formula is C18H36N2. The third-order valence-electron chi connectivity index (χ3n) is 5.77. The van der Waals surface area contributed by atoms with Crippen molar-refractivity contribution in [3.63, 3.8) is 0 Å². The second-order valence-corrected chi connectivity index (χ2v) is 7.99. The Balaban J connectivity index is 1.92. The largest absolute Gasteiger partial charge is 0.314 e. The Labute approximate surface area is 126 Å². The third-order valence-corrected chi connectivity index (χ3v) is 5.77. The van der Waals surface area contributed by atoms with Gasteiger partial charge in [-0.15, -0.1) is 0 Å². The second kappa shape index (κ2) is 7.26. The van der Waals surface area contributed by atoms with Crippen LogP contribution in [0.25, 0.3) is 0 Å². The van der Waals surface area contributed by atoms with Crippen LogP contribution in [0.15, 0.2) is 0 Å². The van der Waals surface area contributed by atoms with E-state index >= 15 is 0 Å². The number of nitrogens with zero attached hydrogens (tertiary/aromatic N) is 1. The molecule has 0 heterocycles. The van der Waals surface area contributed by atoms with E-state index in [2.05, 4.69) is 38.0 Å². The van der Waals surface area contributed by atoms with E-state index in [0.29, 0.717) is 11.5 Å². The first kappa shape index (κ1) is 16.3. The van der Waals surface area contributed by atoms with Crippen molar-refractivity contribution >= 4 is 0 Å². The van der Waals surface area contributed by atoms with Crippen LogP contribution in [-0.2, 0) is 0 Å². The van der Waals surface area contributed by atoms with Crippen LogP contribution >= 0.6 is 0 Å². The fourth-order valence-electron chi connectivity index (χ4n) is 4.53. The molecule has 0 amide bonds. The van der Waals surface area contributed by atoms with Gasteiger partial charge in [0.2, 0.25) is 0 Å². The molecule has 2 saturated carbocycles. The fourth-order valence-corrected chi connectivity index (χ4v) is 4.53. The lowest BCUT2D eigenvalue weighted by molar-refractivity contribution is 0.0832. The van der Waals surface area contributed by atoms with Crippen molar-refractivity contribution in [2.24, 2.45) is 11.3 Å². The first-order valence-electron chi connectivity index (χ1n) is 8.96. The van der Waals surface area contributed by atoms with Crippen molar-refractivity contribution in [3.8, 4) is 0 Å². The molecule has 0 aromatic rings. The number of hydrogen-bond acceptors (Lipinski definition) is 2. The summed E-state index contributed by atoms with van der Waals surface area (Å²) in [4.78, 5) is 2.72. The Morgan fingerprint density at radius 1 is 1.10 bits per heavy atom. The zero-order chi connectivity index (χ0) is 14.6. The molecule has 118 valence electrons. The quantitative estimate of drug-likeness (QED) is 0.789. The van der Waals surface area contributed by atoms with Crippen LogP contribution in [0.2, 0.25) is 0 Å². The molecule has 2 heteroatoms. The summed E-state index contributed by atoms with van der Waals surface area (Å²) in [6.45, 7) is 9.54. The van der Waals surface area contributed by atoms with E-state index in [-0.39, 0.29) is 0 Å². The fraction of sp³-hybridized carbons (Fsp3) is 1.00. The maximum atomic E-state index is 3.72. The number of nitrogens with one attached hydrogen (secondary N) is 1. The predicted molar refractivity (Wildman–Crippen MR) is 88.1 cm³/mol. The molecule has 0 spiro atoms. The molecule has 2 aliphatic carbocycles. The molecule has 2 atom stereocenters. The van der Waals surface area contributed by atoms with E-state index in [9.17, 15) is 0 Å². The Bertz CT molecular complexity index is 281. The summed E-state index contributed by atoms with van der Waals surface area (Å²) in [7, 11) is 2.39. The van der Waals surface area contributed by atoms with Gasteiger partial charge in [-0.1, -0.05) is 46.5 Å². The molecule has 0 radical (unpaired) electrons. The predicted octanol–water partition coefficient (Wildman–Crippen LogP) is 4.06. The molecule has 2 rings (SSSR count). The van der Waals surface area contributed by atoms with Gasteiger partial charge in [0.25, 0.3) is 0 Å². The SMILES string of the molecule is CC(C)NCC1(CN(C)C2CCCCC2C)CCCC1. The van der Waals surface area contributed by atoms with Gasteiger partial charge in [-0.3, -0.25) is 0 Å². The highest BCUT2D eigenvalue weighted by Crippen LogP contribution is 2.39. The Hall–Kier alpha value is -0.0800. The van der Waals surface area contributed by atoms with E-state index in [4.69, 9.17) is 0 Å². The van der Waals surface area contributed by atoms with E-state index in [1.807, 2.05) is 0 Å². The zero-order valence-corrected chi connectivity index (χ0v) is 14.3. The average molecular weight is 280 g/mol. The average Bonchev–Trinajstić information content (AvgIpc) is 2.86. The summed E-state index contributed by atoms with van der Waals surface area (Å²) in [5.41, 5.74) is 0.552. The Morgan fingerprint density at radius 3 is 2.35 bits per heavy atom. The first-order chi connectivity index (χ1) is 9.52. The van der Waals surface area contributed by atoms with Crippen LogP contribution in [0.4, 0.5) is 0 Å². The molecule has 1 N–H and O–H groups in total. The second-order valence-electron chi connectivity index (χ2n) is 7.99. The summed E-state index contributed by atoms with van der Waals surface area (Å²) in [6.07, 6.45) is 11.5. The van der Waals surface area contributed by atoms with Gasteiger partial charge in [-0.05, 0) is 44.1 Å². The molecule has 20 heavy (non-hydrogen) atoms. The highest BCUT2D eigenvalue weighted by molar-refractivity contribution is 4.91. The van der Waals surface area contributed by atoms with E-state index < -0.39 is 0 Å². The molecule has 2 aliphatic rings.